The molecule has 2 N–H and O–H groups in total. The number of hydrogen-bond donors (Lipinski definition) is 2. The van der Waals surface area contributed by atoms with Crippen LogP contribution in [0.5, 0.6) is 11.5 Å². The molecule has 0 spiro atoms. The van der Waals surface area contributed by atoms with Gasteiger partial charge < -0.3 is 20.1 Å². The summed E-state index contributed by atoms with van der Waals surface area (Å²) in [5, 5.41) is 5.88. The number of ether oxygens (including phenoxy) is 2. The first-order chi connectivity index (χ1) is 11.5. The molecule has 0 bridgehead atoms. The minimum atomic E-state index is -0.711. The van der Waals surface area contributed by atoms with Crippen LogP contribution in [0.2, 0.25) is 0 Å². The molecule has 0 fully saturated rings. The van der Waals surface area contributed by atoms with Gasteiger partial charge in [-0.3, -0.25) is 0 Å². The lowest BCUT2D eigenvalue weighted by molar-refractivity contribution is 0.270. The van der Waals surface area contributed by atoms with E-state index in [1.54, 1.807) is 19.2 Å². The van der Waals surface area contributed by atoms with Gasteiger partial charge in [0.05, 0.1) is 18.8 Å². The number of halogens is 2. The van der Waals surface area contributed by atoms with Gasteiger partial charge in [0.1, 0.15) is 18.2 Å². The summed E-state index contributed by atoms with van der Waals surface area (Å²) in [6.07, 6.45) is 0. The Morgan fingerprint density at radius 1 is 1.17 bits per heavy atom. The van der Waals surface area contributed by atoms with Crippen molar-refractivity contribution in [1.29, 1.82) is 0 Å². The van der Waals surface area contributed by atoms with Crippen molar-refractivity contribution in [3.63, 3.8) is 0 Å². The number of nitrogens with one attached hydrogen (secondary N) is 2. The van der Waals surface area contributed by atoms with Gasteiger partial charge in [0.15, 0.2) is 16.6 Å². The highest BCUT2D eigenvalue weighted by Gasteiger charge is 2.10. The molecule has 2 rings (SSSR count). The van der Waals surface area contributed by atoms with Crippen LogP contribution in [0.15, 0.2) is 42.5 Å². The number of hydrogen-bond acceptors (Lipinski definition) is 3. The van der Waals surface area contributed by atoms with Crippen LogP contribution in [-0.2, 0) is 0 Å². The van der Waals surface area contributed by atoms with Crippen molar-refractivity contribution in [3.8, 4) is 11.5 Å². The van der Waals surface area contributed by atoms with Gasteiger partial charge in [-0.2, -0.15) is 0 Å². The maximum Gasteiger partial charge on any atom is 0.171 e. The molecule has 0 aliphatic rings. The lowest BCUT2D eigenvalue weighted by Crippen LogP contribution is -2.39. The van der Waals surface area contributed by atoms with Crippen molar-refractivity contribution in [2.45, 2.75) is 13.0 Å². The number of para-hydroxylation sites is 2. The van der Waals surface area contributed by atoms with E-state index in [1.165, 1.54) is 6.07 Å². The van der Waals surface area contributed by atoms with Gasteiger partial charge in [0.25, 0.3) is 0 Å². The van der Waals surface area contributed by atoms with Gasteiger partial charge >= 0.3 is 0 Å². The Balaban J connectivity index is 1.85. The molecule has 1 atom stereocenters. The molecule has 0 amide bonds. The number of thiocarbonyl (C=S) groups is 1. The number of anilines is 1. The van der Waals surface area contributed by atoms with E-state index >= 15 is 0 Å². The second-order valence-electron chi connectivity index (χ2n) is 5.09. The van der Waals surface area contributed by atoms with Gasteiger partial charge in [-0.1, -0.05) is 12.1 Å². The van der Waals surface area contributed by atoms with Crippen molar-refractivity contribution in [3.05, 3.63) is 54.1 Å². The zero-order valence-corrected chi connectivity index (χ0v) is 14.1. The van der Waals surface area contributed by atoms with Crippen LogP contribution >= 0.6 is 12.2 Å². The summed E-state index contributed by atoms with van der Waals surface area (Å²) < 4.78 is 37.3. The smallest absolute Gasteiger partial charge is 0.171 e. The third-order valence-corrected chi connectivity index (χ3v) is 3.33. The van der Waals surface area contributed by atoms with Gasteiger partial charge in [-0.15, -0.1) is 0 Å². The van der Waals surface area contributed by atoms with E-state index in [0.29, 0.717) is 18.1 Å². The topological polar surface area (TPSA) is 42.5 Å². The van der Waals surface area contributed by atoms with Gasteiger partial charge in [-0.05, 0) is 43.4 Å². The molecule has 0 aliphatic heterocycles. The summed E-state index contributed by atoms with van der Waals surface area (Å²) in [5.41, 5.74) is 0.103. The quantitative estimate of drug-likeness (QED) is 0.776. The van der Waals surface area contributed by atoms with Crippen LogP contribution in [0.25, 0.3) is 0 Å². The molecule has 2 aromatic carbocycles. The summed E-state index contributed by atoms with van der Waals surface area (Å²) in [6, 6.07) is 10.4. The number of methoxy groups -OCH3 is 1. The second-order valence-corrected chi connectivity index (χ2v) is 5.49. The predicted octanol–water partition coefficient (Wildman–Crippen LogP) is 3.73. The van der Waals surface area contributed by atoms with E-state index in [0.717, 1.165) is 12.1 Å². The fourth-order valence-corrected chi connectivity index (χ4v) is 2.28. The fourth-order valence-electron chi connectivity index (χ4n) is 1.97. The molecular weight excluding hydrogens is 334 g/mol. The Morgan fingerprint density at radius 2 is 1.88 bits per heavy atom. The predicted molar refractivity (Wildman–Crippen MR) is 93.7 cm³/mol. The summed E-state index contributed by atoms with van der Waals surface area (Å²) in [4.78, 5) is 0. The molecule has 0 aliphatic carbocycles. The average Bonchev–Trinajstić information content (AvgIpc) is 2.55. The zero-order valence-electron chi connectivity index (χ0n) is 13.3. The third kappa shape index (κ3) is 5.06. The Hall–Kier alpha value is -2.41. The van der Waals surface area contributed by atoms with Crippen LogP contribution in [0, 0.1) is 11.6 Å². The molecule has 4 nitrogen and oxygen atoms in total. The highest BCUT2D eigenvalue weighted by atomic mass is 32.1. The maximum absolute atomic E-state index is 13.6. The zero-order chi connectivity index (χ0) is 17.5. The Morgan fingerprint density at radius 3 is 2.54 bits per heavy atom. The Kier molecular flexibility index (Phi) is 6.31. The van der Waals surface area contributed by atoms with Crippen LogP contribution in [-0.4, -0.2) is 24.9 Å². The number of rotatable bonds is 6. The molecule has 0 aromatic heterocycles. The van der Waals surface area contributed by atoms with Crippen LogP contribution in [0.3, 0.4) is 0 Å². The molecule has 0 saturated carbocycles. The number of benzene rings is 2. The highest BCUT2D eigenvalue weighted by molar-refractivity contribution is 7.80. The van der Waals surface area contributed by atoms with Crippen LogP contribution < -0.4 is 20.1 Å². The van der Waals surface area contributed by atoms with E-state index in [1.807, 2.05) is 19.1 Å². The first-order valence-corrected chi connectivity index (χ1v) is 7.69. The van der Waals surface area contributed by atoms with Gasteiger partial charge in [-0.25, -0.2) is 8.78 Å². The van der Waals surface area contributed by atoms with Crippen LogP contribution in [0.4, 0.5) is 14.5 Å². The monoisotopic (exact) mass is 352 g/mol. The molecule has 7 heteroatoms. The van der Waals surface area contributed by atoms with Crippen molar-refractivity contribution >= 4 is 23.0 Å². The van der Waals surface area contributed by atoms with Crippen molar-refractivity contribution < 1.29 is 18.3 Å². The first-order valence-electron chi connectivity index (χ1n) is 7.28. The molecule has 2 aromatic rings. The lowest BCUT2D eigenvalue weighted by atomic mass is 10.3. The maximum atomic E-state index is 13.6. The van der Waals surface area contributed by atoms with Crippen LogP contribution in [0.1, 0.15) is 6.92 Å². The SMILES string of the molecule is COc1ccccc1OC[C@@H](C)NC(=S)Nc1ccc(F)cc1F. The van der Waals surface area contributed by atoms with E-state index in [-0.39, 0.29) is 16.8 Å². The molecular formula is C17H18F2N2O2S. The van der Waals surface area contributed by atoms with Gasteiger partial charge in [0.2, 0.25) is 0 Å². The molecule has 0 unspecified atom stereocenters. The minimum absolute atomic E-state index is 0.103. The summed E-state index contributed by atoms with van der Waals surface area (Å²) in [5.74, 6) is -0.0940. The molecule has 24 heavy (non-hydrogen) atoms. The van der Waals surface area contributed by atoms with Crippen molar-refractivity contribution in [1.82, 2.24) is 5.32 Å². The largest absolute Gasteiger partial charge is 0.493 e. The average molecular weight is 352 g/mol. The standard InChI is InChI=1S/C17H18F2N2O2S/c1-11(10-23-16-6-4-3-5-15(16)22-2)20-17(24)21-14-8-7-12(18)9-13(14)19/h3-9,11H,10H2,1-2H3,(H2,20,21,24)/t11-/m1/s1. The normalized spacial score (nSPS) is 11.5. The second kappa shape index (κ2) is 8.44. The lowest BCUT2D eigenvalue weighted by Gasteiger charge is -2.18. The minimum Gasteiger partial charge on any atom is -0.493 e. The first kappa shape index (κ1) is 17.9. The molecule has 0 heterocycles. The molecule has 0 radical (unpaired) electrons. The van der Waals surface area contributed by atoms with E-state index < -0.39 is 11.6 Å². The Bertz CT molecular complexity index is 713. The van der Waals surface area contributed by atoms with Crippen molar-refractivity contribution in [2.75, 3.05) is 19.0 Å². The summed E-state index contributed by atoms with van der Waals surface area (Å²) >= 11 is 5.12. The molecule has 0 saturated heterocycles. The van der Waals surface area contributed by atoms with E-state index in [4.69, 9.17) is 21.7 Å². The fraction of sp³-hybridized carbons (Fsp3) is 0.235. The summed E-state index contributed by atoms with van der Waals surface area (Å²) in [6.45, 7) is 2.19. The van der Waals surface area contributed by atoms with E-state index in [2.05, 4.69) is 10.6 Å². The van der Waals surface area contributed by atoms with E-state index in [9.17, 15) is 8.78 Å². The third-order valence-electron chi connectivity index (χ3n) is 3.11. The molecule has 128 valence electrons. The van der Waals surface area contributed by atoms with Crippen molar-refractivity contribution in [2.24, 2.45) is 0 Å². The summed E-state index contributed by atoms with van der Waals surface area (Å²) in [7, 11) is 1.57. The Labute approximate surface area is 144 Å². The highest BCUT2D eigenvalue weighted by Crippen LogP contribution is 2.25. The van der Waals surface area contributed by atoms with Gasteiger partial charge in [0, 0.05) is 6.07 Å².